The molecule has 2 aromatic carbocycles. The van der Waals surface area contributed by atoms with Gasteiger partial charge in [0.1, 0.15) is 6.42 Å². The number of nitrogens with zero attached hydrogens (tertiary/aromatic N) is 3. The predicted molar refractivity (Wildman–Crippen MR) is 104 cm³/mol. The number of benzene rings is 2. The Bertz CT molecular complexity index is 1140. The van der Waals surface area contributed by atoms with Gasteiger partial charge in [-0.05, 0) is 48.9 Å². The van der Waals surface area contributed by atoms with E-state index in [2.05, 4.69) is 20.5 Å². The first-order chi connectivity index (χ1) is 13.1. The van der Waals surface area contributed by atoms with Crippen molar-refractivity contribution in [1.29, 1.82) is 0 Å². The summed E-state index contributed by atoms with van der Waals surface area (Å²) in [4.78, 5) is 16.5. The fourth-order valence-electron chi connectivity index (χ4n) is 2.66. The van der Waals surface area contributed by atoms with Crippen molar-refractivity contribution in [1.82, 2.24) is 15.2 Å². The summed E-state index contributed by atoms with van der Waals surface area (Å²) in [5.74, 6) is 0.349. The van der Waals surface area contributed by atoms with Crippen LogP contribution in [0.5, 0.6) is 0 Å². The van der Waals surface area contributed by atoms with Gasteiger partial charge in [0.05, 0.1) is 5.52 Å². The lowest BCUT2D eigenvalue weighted by atomic mass is 10.1. The van der Waals surface area contributed by atoms with Crippen LogP contribution in [0.25, 0.3) is 22.4 Å². The first-order valence-electron chi connectivity index (χ1n) is 8.32. The molecule has 134 valence electrons. The van der Waals surface area contributed by atoms with Gasteiger partial charge < -0.3 is 9.73 Å². The average molecular weight is 379 g/mol. The second-order valence-electron chi connectivity index (χ2n) is 6.10. The van der Waals surface area contributed by atoms with Gasteiger partial charge in [-0.2, -0.15) is 0 Å². The number of carbonyl (C=O) groups is 1. The molecule has 0 bridgehead atoms. The van der Waals surface area contributed by atoms with E-state index in [0.717, 1.165) is 22.0 Å². The van der Waals surface area contributed by atoms with Gasteiger partial charge in [-0.1, -0.05) is 23.7 Å². The second-order valence-corrected chi connectivity index (χ2v) is 6.51. The predicted octanol–water partition coefficient (Wildman–Crippen LogP) is 4.43. The maximum absolute atomic E-state index is 12.2. The van der Waals surface area contributed by atoms with E-state index in [9.17, 15) is 4.79 Å². The first-order valence-corrected chi connectivity index (χ1v) is 8.70. The minimum absolute atomic E-state index is 0.0202. The number of pyridine rings is 1. The van der Waals surface area contributed by atoms with Crippen LogP contribution in [0.4, 0.5) is 5.69 Å². The van der Waals surface area contributed by atoms with Gasteiger partial charge in [0.15, 0.2) is 0 Å². The summed E-state index contributed by atoms with van der Waals surface area (Å²) in [6.07, 6.45) is 1.72. The molecule has 0 saturated carbocycles. The molecule has 27 heavy (non-hydrogen) atoms. The molecule has 1 amide bonds. The van der Waals surface area contributed by atoms with Crippen molar-refractivity contribution in [3.63, 3.8) is 0 Å². The summed E-state index contributed by atoms with van der Waals surface area (Å²) in [6.45, 7) is 1.90. The second kappa shape index (κ2) is 7.17. The number of hydrogen-bond donors (Lipinski definition) is 1. The summed E-state index contributed by atoms with van der Waals surface area (Å²) in [5, 5.41) is 12.4. The van der Waals surface area contributed by atoms with E-state index in [1.807, 2.05) is 43.3 Å². The van der Waals surface area contributed by atoms with Crippen molar-refractivity contribution in [2.75, 3.05) is 5.32 Å². The highest BCUT2D eigenvalue weighted by Crippen LogP contribution is 2.23. The molecular weight excluding hydrogens is 364 g/mol. The molecule has 4 rings (SSSR count). The Kier molecular flexibility index (Phi) is 4.56. The zero-order chi connectivity index (χ0) is 18.8. The number of fused-ring (bicyclic) bond motifs is 1. The Labute approximate surface area is 160 Å². The number of amides is 1. The molecule has 2 heterocycles. The minimum atomic E-state index is -0.257. The fourth-order valence-corrected chi connectivity index (χ4v) is 2.84. The molecule has 1 N–H and O–H groups in total. The summed E-state index contributed by atoms with van der Waals surface area (Å²) < 4.78 is 5.64. The molecule has 0 radical (unpaired) electrons. The van der Waals surface area contributed by atoms with Gasteiger partial charge in [0, 0.05) is 27.9 Å². The highest BCUT2D eigenvalue weighted by molar-refractivity contribution is 6.31. The monoisotopic (exact) mass is 378 g/mol. The largest absolute Gasteiger partial charge is 0.420 e. The Morgan fingerprint density at radius 2 is 2.04 bits per heavy atom. The highest BCUT2D eigenvalue weighted by Gasteiger charge is 2.13. The molecule has 6 nitrogen and oxygen atoms in total. The minimum Gasteiger partial charge on any atom is -0.420 e. The van der Waals surface area contributed by atoms with E-state index in [4.69, 9.17) is 16.0 Å². The lowest BCUT2D eigenvalue weighted by molar-refractivity contribution is -0.115. The van der Waals surface area contributed by atoms with Crippen molar-refractivity contribution >= 4 is 34.1 Å². The van der Waals surface area contributed by atoms with Gasteiger partial charge in [0.2, 0.25) is 17.7 Å². The maximum Gasteiger partial charge on any atom is 0.247 e. The van der Waals surface area contributed by atoms with Crippen molar-refractivity contribution < 1.29 is 9.21 Å². The lowest BCUT2D eigenvalue weighted by Crippen LogP contribution is -2.14. The highest BCUT2D eigenvalue weighted by atomic mass is 35.5. The maximum atomic E-state index is 12.2. The van der Waals surface area contributed by atoms with E-state index >= 15 is 0 Å². The number of carbonyl (C=O) groups excluding carboxylic acids is 1. The number of nitrogens with one attached hydrogen (secondary N) is 1. The third kappa shape index (κ3) is 3.80. The van der Waals surface area contributed by atoms with Crippen molar-refractivity contribution in [2.24, 2.45) is 0 Å². The molecule has 2 aromatic heterocycles. The van der Waals surface area contributed by atoms with Crippen molar-refractivity contribution in [3.8, 4) is 11.5 Å². The van der Waals surface area contributed by atoms with E-state index in [-0.39, 0.29) is 18.2 Å². The van der Waals surface area contributed by atoms with Crippen LogP contribution in [0, 0.1) is 6.92 Å². The van der Waals surface area contributed by atoms with Crippen LogP contribution < -0.4 is 5.32 Å². The average Bonchev–Trinajstić information content (AvgIpc) is 3.12. The Balaban J connectivity index is 1.48. The number of halogens is 1. The van der Waals surface area contributed by atoms with E-state index in [1.54, 1.807) is 18.3 Å². The Hall–Kier alpha value is -3.25. The molecule has 0 fully saturated rings. The number of rotatable bonds is 4. The summed E-state index contributed by atoms with van der Waals surface area (Å²) in [5.41, 5.74) is 3.23. The molecular formula is C20H15ClN4O2. The molecule has 0 saturated heterocycles. The molecule has 0 aliphatic rings. The third-order valence-electron chi connectivity index (χ3n) is 4.08. The lowest BCUT2D eigenvalue weighted by Gasteiger charge is -2.05. The fraction of sp³-hybridized carbons (Fsp3) is 0.100. The quantitative estimate of drug-likeness (QED) is 0.568. The van der Waals surface area contributed by atoms with E-state index in [0.29, 0.717) is 16.6 Å². The molecule has 0 spiro atoms. The molecule has 0 unspecified atom stereocenters. The van der Waals surface area contributed by atoms with Crippen LogP contribution in [0.1, 0.15) is 11.5 Å². The van der Waals surface area contributed by atoms with Crippen LogP contribution in [0.15, 0.2) is 59.1 Å². The van der Waals surface area contributed by atoms with E-state index < -0.39 is 0 Å². The number of anilines is 1. The zero-order valence-electron chi connectivity index (χ0n) is 14.4. The van der Waals surface area contributed by atoms with Crippen molar-refractivity contribution in [2.45, 2.75) is 13.3 Å². The number of hydrogen-bond acceptors (Lipinski definition) is 5. The first kappa shape index (κ1) is 17.2. The van der Waals surface area contributed by atoms with Gasteiger partial charge in [-0.15, -0.1) is 10.2 Å². The normalized spacial score (nSPS) is 10.9. The molecule has 0 aliphatic carbocycles. The third-order valence-corrected chi connectivity index (χ3v) is 4.49. The van der Waals surface area contributed by atoms with Crippen LogP contribution in [-0.4, -0.2) is 21.1 Å². The topological polar surface area (TPSA) is 80.9 Å². The Morgan fingerprint density at radius 3 is 2.89 bits per heavy atom. The van der Waals surface area contributed by atoms with Crippen LogP contribution in [0.3, 0.4) is 0 Å². The van der Waals surface area contributed by atoms with Gasteiger partial charge in [-0.3, -0.25) is 9.78 Å². The summed E-state index contributed by atoms with van der Waals surface area (Å²) in [6, 6.07) is 14.9. The summed E-state index contributed by atoms with van der Waals surface area (Å²) in [7, 11) is 0. The van der Waals surface area contributed by atoms with Gasteiger partial charge in [0.25, 0.3) is 0 Å². The standard InChI is InChI=1S/C20H15ClN4O2/c1-12-4-6-15(10-16(12)21)23-18(26)11-19-24-25-20(27-19)14-5-7-17-13(9-14)3-2-8-22-17/h2-10H,11H2,1H3,(H,23,26). The zero-order valence-corrected chi connectivity index (χ0v) is 15.2. The molecule has 4 aromatic rings. The number of aryl methyl sites for hydroxylation is 1. The van der Waals surface area contributed by atoms with E-state index in [1.165, 1.54) is 0 Å². The molecule has 0 atom stereocenters. The summed E-state index contributed by atoms with van der Waals surface area (Å²) >= 11 is 6.07. The van der Waals surface area contributed by atoms with Crippen LogP contribution in [-0.2, 0) is 11.2 Å². The van der Waals surface area contributed by atoms with Crippen LogP contribution >= 0.6 is 11.6 Å². The molecule has 7 heteroatoms. The Morgan fingerprint density at radius 1 is 1.15 bits per heavy atom. The number of aromatic nitrogens is 3. The smallest absolute Gasteiger partial charge is 0.247 e. The molecule has 0 aliphatic heterocycles. The van der Waals surface area contributed by atoms with Gasteiger partial charge >= 0.3 is 0 Å². The van der Waals surface area contributed by atoms with Gasteiger partial charge in [-0.25, -0.2) is 0 Å². The SMILES string of the molecule is Cc1ccc(NC(=O)Cc2nnc(-c3ccc4ncccc4c3)o2)cc1Cl. The van der Waals surface area contributed by atoms with Crippen LogP contribution in [0.2, 0.25) is 5.02 Å². The van der Waals surface area contributed by atoms with Crippen molar-refractivity contribution in [3.05, 3.63) is 71.2 Å².